The maximum Gasteiger partial charge on any atom is 0.220 e. The normalized spacial score (nSPS) is 16.7. The molecule has 1 saturated heterocycles. The molecule has 2 rings (SSSR count). The van der Waals surface area contributed by atoms with Crippen molar-refractivity contribution in [3.05, 3.63) is 12.2 Å². The first kappa shape index (κ1) is 13.4. The zero-order valence-electron chi connectivity index (χ0n) is 10.5. The van der Waals surface area contributed by atoms with Crippen LogP contribution >= 0.6 is 11.8 Å². The second-order valence-corrected chi connectivity index (χ2v) is 5.87. The number of carbonyl (C=O) groups excluding carboxylic acids is 1. The number of carbonyl (C=O) groups is 1. The average Bonchev–Trinajstić information content (AvgIpc) is 2.89. The molecule has 0 saturated carbocycles. The van der Waals surface area contributed by atoms with E-state index in [2.05, 4.69) is 20.5 Å². The minimum absolute atomic E-state index is 0.199. The lowest BCUT2D eigenvalue weighted by Gasteiger charge is -2.20. The van der Waals surface area contributed by atoms with Gasteiger partial charge in [0.15, 0.2) is 0 Å². The lowest BCUT2D eigenvalue weighted by molar-refractivity contribution is -0.122. The van der Waals surface area contributed by atoms with E-state index in [1.165, 1.54) is 30.7 Å². The van der Waals surface area contributed by atoms with Crippen LogP contribution in [0.2, 0.25) is 0 Å². The van der Waals surface area contributed by atoms with Crippen LogP contribution in [0.5, 0.6) is 0 Å². The molecule has 0 spiro atoms. The van der Waals surface area contributed by atoms with Gasteiger partial charge >= 0.3 is 0 Å². The molecule has 6 heteroatoms. The lowest BCUT2D eigenvalue weighted by Crippen LogP contribution is -2.28. The zero-order valence-corrected chi connectivity index (χ0v) is 11.3. The summed E-state index contributed by atoms with van der Waals surface area (Å²) >= 11 is 2.00. The SMILES string of the molecule is O=C(CC1CCSCC1)NCCCc1ncn[nH]1. The van der Waals surface area contributed by atoms with E-state index in [-0.39, 0.29) is 5.91 Å². The molecule has 0 aliphatic carbocycles. The Bertz CT molecular complexity index is 349. The molecule has 100 valence electrons. The Morgan fingerprint density at radius 2 is 2.33 bits per heavy atom. The predicted octanol–water partition coefficient (Wildman–Crippen LogP) is 1.39. The first-order valence-corrected chi connectivity index (χ1v) is 7.69. The van der Waals surface area contributed by atoms with Crippen molar-refractivity contribution in [3.63, 3.8) is 0 Å². The van der Waals surface area contributed by atoms with E-state index in [0.717, 1.165) is 25.2 Å². The fraction of sp³-hybridized carbons (Fsp3) is 0.750. The molecular weight excluding hydrogens is 248 g/mol. The molecule has 0 unspecified atom stereocenters. The van der Waals surface area contributed by atoms with Crippen LogP contribution in [0, 0.1) is 5.92 Å². The van der Waals surface area contributed by atoms with E-state index in [1.54, 1.807) is 0 Å². The zero-order chi connectivity index (χ0) is 12.6. The van der Waals surface area contributed by atoms with E-state index in [1.807, 2.05) is 11.8 Å². The van der Waals surface area contributed by atoms with Gasteiger partial charge in [0, 0.05) is 19.4 Å². The molecule has 2 heterocycles. The molecule has 1 amide bonds. The Hall–Kier alpha value is -1.04. The maximum absolute atomic E-state index is 11.7. The average molecular weight is 268 g/mol. The number of hydrogen-bond donors (Lipinski definition) is 2. The fourth-order valence-electron chi connectivity index (χ4n) is 2.12. The number of aromatic amines is 1. The highest BCUT2D eigenvalue weighted by Gasteiger charge is 2.16. The van der Waals surface area contributed by atoms with Crippen LogP contribution in [-0.4, -0.2) is 39.1 Å². The van der Waals surface area contributed by atoms with Gasteiger partial charge in [-0.1, -0.05) is 0 Å². The van der Waals surface area contributed by atoms with Crippen molar-refractivity contribution in [2.75, 3.05) is 18.1 Å². The first-order valence-electron chi connectivity index (χ1n) is 6.53. The third kappa shape index (κ3) is 4.68. The number of amides is 1. The second kappa shape index (κ2) is 7.41. The topological polar surface area (TPSA) is 70.7 Å². The number of nitrogens with zero attached hydrogens (tertiary/aromatic N) is 2. The second-order valence-electron chi connectivity index (χ2n) is 4.65. The standard InChI is InChI=1S/C12H20N4OS/c17-12(8-10-3-6-18-7-4-10)13-5-1-2-11-14-9-15-16-11/h9-10H,1-8H2,(H,13,17)(H,14,15,16). The number of thioether (sulfide) groups is 1. The van der Waals surface area contributed by atoms with Gasteiger partial charge < -0.3 is 5.32 Å². The van der Waals surface area contributed by atoms with E-state index in [0.29, 0.717) is 12.3 Å². The minimum Gasteiger partial charge on any atom is -0.356 e. The Kier molecular flexibility index (Phi) is 5.51. The first-order chi connectivity index (χ1) is 8.84. The van der Waals surface area contributed by atoms with Crippen molar-refractivity contribution in [1.82, 2.24) is 20.5 Å². The molecular formula is C12H20N4OS. The summed E-state index contributed by atoms with van der Waals surface area (Å²) in [7, 11) is 0. The van der Waals surface area contributed by atoms with Gasteiger partial charge in [0.25, 0.3) is 0 Å². The molecule has 1 aliphatic heterocycles. The molecule has 1 aliphatic rings. The highest BCUT2D eigenvalue weighted by molar-refractivity contribution is 7.99. The summed E-state index contributed by atoms with van der Waals surface area (Å²) in [4.78, 5) is 15.8. The van der Waals surface area contributed by atoms with Gasteiger partial charge in [-0.2, -0.15) is 16.9 Å². The van der Waals surface area contributed by atoms with Crippen LogP contribution in [0.3, 0.4) is 0 Å². The summed E-state index contributed by atoms with van der Waals surface area (Å²) in [5, 5.41) is 9.59. The number of aryl methyl sites for hydroxylation is 1. The van der Waals surface area contributed by atoms with Gasteiger partial charge in [0.05, 0.1) is 0 Å². The van der Waals surface area contributed by atoms with Gasteiger partial charge in [0.2, 0.25) is 5.91 Å². The highest BCUT2D eigenvalue weighted by Crippen LogP contribution is 2.24. The fourth-order valence-corrected chi connectivity index (χ4v) is 3.32. The summed E-state index contributed by atoms with van der Waals surface area (Å²) < 4.78 is 0. The van der Waals surface area contributed by atoms with Gasteiger partial charge in [-0.3, -0.25) is 9.89 Å². The molecule has 18 heavy (non-hydrogen) atoms. The molecule has 2 N–H and O–H groups in total. The van der Waals surface area contributed by atoms with Crippen LogP contribution < -0.4 is 5.32 Å². The van der Waals surface area contributed by atoms with E-state index in [4.69, 9.17) is 0 Å². The van der Waals surface area contributed by atoms with Crippen molar-refractivity contribution < 1.29 is 4.79 Å². The Morgan fingerprint density at radius 3 is 3.06 bits per heavy atom. The van der Waals surface area contributed by atoms with Crippen molar-refractivity contribution in [2.45, 2.75) is 32.1 Å². The van der Waals surface area contributed by atoms with Crippen LogP contribution in [0.15, 0.2) is 6.33 Å². The Labute approximate surface area is 112 Å². The van der Waals surface area contributed by atoms with Crippen LogP contribution in [0.1, 0.15) is 31.5 Å². The maximum atomic E-state index is 11.7. The molecule has 0 radical (unpaired) electrons. The number of aromatic nitrogens is 3. The van der Waals surface area contributed by atoms with E-state index >= 15 is 0 Å². The van der Waals surface area contributed by atoms with Gasteiger partial charge in [-0.25, -0.2) is 4.98 Å². The predicted molar refractivity (Wildman–Crippen MR) is 72.4 cm³/mol. The van der Waals surface area contributed by atoms with Crippen LogP contribution in [-0.2, 0) is 11.2 Å². The van der Waals surface area contributed by atoms with E-state index in [9.17, 15) is 4.79 Å². The Morgan fingerprint density at radius 1 is 1.50 bits per heavy atom. The van der Waals surface area contributed by atoms with Crippen molar-refractivity contribution >= 4 is 17.7 Å². The monoisotopic (exact) mass is 268 g/mol. The van der Waals surface area contributed by atoms with Crippen molar-refractivity contribution in [3.8, 4) is 0 Å². The van der Waals surface area contributed by atoms with Crippen molar-refractivity contribution in [2.24, 2.45) is 5.92 Å². The molecule has 5 nitrogen and oxygen atoms in total. The van der Waals surface area contributed by atoms with Gasteiger partial charge in [-0.05, 0) is 36.7 Å². The highest BCUT2D eigenvalue weighted by atomic mass is 32.2. The summed E-state index contributed by atoms with van der Waals surface area (Å²) in [6, 6.07) is 0. The number of H-pyrrole nitrogens is 1. The third-order valence-electron chi connectivity index (χ3n) is 3.19. The summed E-state index contributed by atoms with van der Waals surface area (Å²) in [6.45, 7) is 0.723. The quantitative estimate of drug-likeness (QED) is 0.765. The Balaban J connectivity index is 1.54. The smallest absolute Gasteiger partial charge is 0.220 e. The molecule has 0 bridgehead atoms. The molecule has 0 atom stereocenters. The van der Waals surface area contributed by atoms with Crippen LogP contribution in [0.4, 0.5) is 0 Å². The molecule has 1 fully saturated rings. The molecule has 0 aromatic carbocycles. The summed E-state index contributed by atoms with van der Waals surface area (Å²) in [5.41, 5.74) is 0. The molecule has 1 aromatic heterocycles. The van der Waals surface area contributed by atoms with Crippen molar-refractivity contribution in [1.29, 1.82) is 0 Å². The van der Waals surface area contributed by atoms with Crippen LogP contribution in [0.25, 0.3) is 0 Å². The number of hydrogen-bond acceptors (Lipinski definition) is 4. The summed E-state index contributed by atoms with van der Waals surface area (Å²) in [6.07, 6.45) is 6.33. The molecule has 1 aromatic rings. The largest absolute Gasteiger partial charge is 0.356 e. The van der Waals surface area contributed by atoms with Gasteiger partial charge in [-0.15, -0.1) is 0 Å². The number of nitrogens with one attached hydrogen (secondary N) is 2. The number of rotatable bonds is 6. The van der Waals surface area contributed by atoms with Gasteiger partial charge in [0.1, 0.15) is 12.2 Å². The lowest BCUT2D eigenvalue weighted by atomic mass is 9.98. The minimum atomic E-state index is 0.199. The third-order valence-corrected chi connectivity index (χ3v) is 4.24. The summed E-state index contributed by atoms with van der Waals surface area (Å²) in [5.74, 6) is 4.10. The van der Waals surface area contributed by atoms with E-state index < -0.39 is 0 Å².